The van der Waals surface area contributed by atoms with Crippen molar-refractivity contribution in [3.05, 3.63) is 57.0 Å². The smallest absolute Gasteiger partial charge is 0.348 e. The lowest BCUT2D eigenvalue weighted by molar-refractivity contribution is -0.384. The quantitative estimate of drug-likeness (QED) is 0.529. The van der Waals surface area contributed by atoms with E-state index < -0.39 is 10.6 Å². The van der Waals surface area contributed by atoms with Gasteiger partial charge in [-0.3, -0.25) is 14.7 Å². The number of ether oxygens (including phenoxy) is 2. The number of fused-ring (bicyclic) bond motifs is 2. The van der Waals surface area contributed by atoms with Crippen molar-refractivity contribution in [2.45, 2.75) is 19.9 Å². The van der Waals surface area contributed by atoms with Crippen LogP contribution < -0.4 is 15.2 Å². The van der Waals surface area contributed by atoms with Gasteiger partial charge in [0.2, 0.25) is 6.79 Å². The van der Waals surface area contributed by atoms with E-state index in [2.05, 4.69) is 4.98 Å². The van der Waals surface area contributed by atoms with Crippen molar-refractivity contribution in [3.63, 3.8) is 0 Å². The fourth-order valence-corrected chi connectivity index (χ4v) is 3.17. The summed E-state index contributed by atoms with van der Waals surface area (Å²) in [5.74, 6) is 1.05. The molecule has 1 aliphatic rings. The number of hydrogen-bond donors (Lipinski definition) is 0. The average Bonchev–Trinajstić information content (AvgIpc) is 3.06. The van der Waals surface area contributed by atoms with Crippen LogP contribution >= 0.6 is 0 Å². The van der Waals surface area contributed by atoms with Crippen LogP contribution in [0.4, 0.5) is 5.69 Å². The van der Waals surface area contributed by atoms with Crippen molar-refractivity contribution < 1.29 is 14.4 Å². The van der Waals surface area contributed by atoms with Gasteiger partial charge in [-0.15, -0.1) is 0 Å². The summed E-state index contributed by atoms with van der Waals surface area (Å²) in [5, 5.41) is 12.0. The zero-order chi connectivity index (χ0) is 18.4. The molecule has 0 N–H and O–H groups in total. The molecule has 0 spiro atoms. The standard InChI is InChI=1S/C18H15N3O5/c1-10(2)20-14-8-16-15(25-9-26-16)7-12(14)17(19-18(20)22)11-5-3-4-6-13(11)21(23)24/h3-8,10H,9H2,1-2H3. The molecule has 1 aliphatic heterocycles. The first kappa shape index (κ1) is 16.1. The van der Waals surface area contributed by atoms with Gasteiger partial charge in [-0.25, -0.2) is 4.79 Å². The number of nitro benzene ring substituents is 1. The van der Waals surface area contributed by atoms with Crippen LogP contribution in [0.25, 0.3) is 22.2 Å². The van der Waals surface area contributed by atoms with Gasteiger partial charge in [0.15, 0.2) is 11.5 Å². The van der Waals surface area contributed by atoms with Gasteiger partial charge >= 0.3 is 5.69 Å². The first-order valence-corrected chi connectivity index (χ1v) is 8.07. The number of nitro groups is 1. The van der Waals surface area contributed by atoms with Crippen molar-refractivity contribution >= 4 is 16.6 Å². The molecule has 8 heteroatoms. The molecule has 3 aromatic rings. The van der Waals surface area contributed by atoms with Gasteiger partial charge < -0.3 is 9.47 Å². The summed E-state index contributed by atoms with van der Waals surface area (Å²) in [4.78, 5) is 27.8. The van der Waals surface area contributed by atoms with E-state index in [9.17, 15) is 14.9 Å². The molecule has 1 aromatic heterocycles. The average molecular weight is 353 g/mol. The first-order chi connectivity index (χ1) is 12.5. The van der Waals surface area contributed by atoms with Crippen molar-refractivity contribution in [1.29, 1.82) is 0 Å². The third-order valence-corrected chi connectivity index (χ3v) is 4.29. The Hall–Kier alpha value is -3.42. The molecule has 0 radical (unpaired) electrons. The summed E-state index contributed by atoms with van der Waals surface area (Å²) in [6, 6.07) is 9.53. The highest BCUT2D eigenvalue weighted by atomic mass is 16.7. The molecule has 26 heavy (non-hydrogen) atoms. The molecule has 2 heterocycles. The molecule has 0 fully saturated rings. The summed E-state index contributed by atoms with van der Waals surface area (Å²) in [6.45, 7) is 3.83. The molecule has 0 amide bonds. The summed E-state index contributed by atoms with van der Waals surface area (Å²) < 4.78 is 12.4. The van der Waals surface area contributed by atoms with E-state index in [-0.39, 0.29) is 29.8 Å². The van der Waals surface area contributed by atoms with E-state index in [1.165, 1.54) is 10.6 Å². The molecule has 0 aliphatic carbocycles. The third-order valence-electron chi connectivity index (χ3n) is 4.29. The minimum absolute atomic E-state index is 0.0891. The predicted molar refractivity (Wildman–Crippen MR) is 94.6 cm³/mol. The molecule has 0 unspecified atom stereocenters. The fraction of sp³-hybridized carbons (Fsp3) is 0.222. The van der Waals surface area contributed by atoms with Crippen molar-refractivity contribution in [1.82, 2.24) is 9.55 Å². The van der Waals surface area contributed by atoms with Gasteiger partial charge in [-0.2, -0.15) is 4.98 Å². The molecule has 4 rings (SSSR count). The summed E-state index contributed by atoms with van der Waals surface area (Å²) in [7, 11) is 0. The Bertz CT molecular complexity index is 1100. The largest absolute Gasteiger partial charge is 0.454 e. The fourth-order valence-electron chi connectivity index (χ4n) is 3.17. The second kappa shape index (κ2) is 5.83. The highest BCUT2D eigenvalue weighted by Gasteiger charge is 2.24. The molecule has 8 nitrogen and oxygen atoms in total. The maximum absolute atomic E-state index is 12.7. The van der Waals surface area contributed by atoms with Crippen LogP contribution in [-0.4, -0.2) is 21.3 Å². The highest BCUT2D eigenvalue weighted by molar-refractivity contribution is 5.96. The zero-order valence-electron chi connectivity index (χ0n) is 14.1. The summed E-state index contributed by atoms with van der Waals surface area (Å²) in [6.07, 6.45) is 0. The minimum atomic E-state index is -0.482. The number of rotatable bonds is 3. The van der Waals surface area contributed by atoms with Gasteiger partial charge in [-0.1, -0.05) is 12.1 Å². The van der Waals surface area contributed by atoms with Gasteiger partial charge in [0.05, 0.1) is 21.7 Å². The van der Waals surface area contributed by atoms with Gasteiger partial charge in [0.1, 0.15) is 0 Å². The minimum Gasteiger partial charge on any atom is -0.454 e. The van der Waals surface area contributed by atoms with Crippen LogP contribution in [0.15, 0.2) is 41.2 Å². The van der Waals surface area contributed by atoms with E-state index in [1.807, 2.05) is 13.8 Å². The first-order valence-electron chi connectivity index (χ1n) is 8.07. The monoisotopic (exact) mass is 353 g/mol. The Balaban J connectivity index is 2.14. The lowest BCUT2D eigenvalue weighted by Crippen LogP contribution is -2.25. The summed E-state index contributed by atoms with van der Waals surface area (Å²) >= 11 is 0. The predicted octanol–water partition coefficient (Wildman–Crippen LogP) is 3.28. The van der Waals surface area contributed by atoms with Gasteiger partial charge in [0, 0.05) is 23.6 Å². The maximum Gasteiger partial charge on any atom is 0.348 e. The number of aromatic nitrogens is 2. The zero-order valence-corrected chi connectivity index (χ0v) is 14.1. The van der Waals surface area contributed by atoms with E-state index in [1.54, 1.807) is 30.3 Å². The Labute approximate surface area is 147 Å². The molecular formula is C18H15N3O5. The van der Waals surface area contributed by atoms with Gasteiger partial charge in [0.25, 0.3) is 5.69 Å². The lowest BCUT2D eigenvalue weighted by atomic mass is 10.0. The lowest BCUT2D eigenvalue weighted by Gasteiger charge is -2.16. The molecule has 2 aromatic carbocycles. The number of hydrogen-bond acceptors (Lipinski definition) is 6. The maximum atomic E-state index is 12.7. The van der Waals surface area contributed by atoms with Crippen molar-refractivity contribution in [2.24, 2.45) is 0 Å². The molecule has 0 saturated heterocycles. The molecule has 0 atom stereocenters. The van der Waals surface area contributed by atoms with Crippen LogP contribution in [0.5, 0.6) is 11.5 Å². The van der Waals surface area contributed by atoms with Crippen LogP contribution in [0.1, 0.15) is 19.9 Å². The Kier molecular flexibility index (Phi) is 3.61. The molecule has 132 valence electrons. The second-order valence-corrected chi connectivity index (χ2v) is 6.20. The normalized spacial score (nSPS) is 12.7. The van der Waals surface area contributed by atoms with Crippen LogP contribution in [0.3, 0.4) is 0 Å². The Morgan fingerprint density at radius 2 is 1.88 bits per heavy atom. The second-order valence-electron chi connectivity index (χ2n) is 6.20. The van der Waals surface area contributed by atoms with Crippen molar-refractivity contribution in [2.75, 3.05) is 6.79 Å². The molecular weight excluding hydrogens is 338 g/mol. The third kappa shape index (κ3) is 2.38. The van der Waals surface area contributed by atoms with Crippen LogP contribution in [-0.2, 0) is 0 Å². The van der Waals surface area contributed by atoms with Gasteiger partial charge in [-0.05, 0) is 26.0 Å². The Morgan fingerprint density at radius 3 is 2.58 bits per heavy atom. The van der Waals surface area contributed by atoms with Crippen molar-refractivity contribution in [3.8, 4) is 22.8 Å². The van der Waals surface area contributed by atoms with E-state index in [0.717, 1.165) is 0 Å². The molecule has 0 saturated carbocycles. The number of benzene rings is 2. The topological polar surface area (TPSA) is 96.5 Å². The number of para-hydroxylation sites is 1. The van der Waals surface area contributed by atoms with Crippen LogP contribution in [0, 0.1) is 10.1 Å². The molecule has 0 bridgehead atoms. The highest BCUT2D eigenvalue weighted by Crippen LogP contribution is 2.40. The number of nitrogens with zero attached hydrogens (tertiary/aromatic N) is 3. The van der Waals surface area contributed by atoms with E-state index in [4.69, 9.17) is 9.47 Å². The Morgan fingerprint density at radius 1 is 1.19 bits per heavy atom. The van der Waals surface area contributed by atoms with E-state index >= 15 is 0 Å². The van der Waals surface area contributed by atoms with E-state index in [0.29, 0.717) is 22.4 Å². The van der Waals surface area contributed by atoms with Crippen LogP contribution in [0.2, 0.25) is 0 Å². The summed E-state index contributed by atoms with van der Waals surface area (Å²) in [5.41, 5.74) is 0.555. The SMILES string of the molecule is CC(C)n1c(=O)nc(-c2ccccc2[N+](=O)[O-])c2cc3c(cc21)OCO3.